The molecule has 2 rings (SSSR count). The Morgan fingerprint density at radius 3 is 2.64 bits per heavy atom. The first-order valence-electron chi connectivity index (χ1n) is 5.65. The Morgan fingerprint density at radius 2 is 1.93 bits per heavy atom. The Hall–Kier alpha value is -0.0500. The number of carbonyl (C=O) groups excluding carboxylic acids is 1. The van der Waals surface area contributed by atoms with Gasteiger partial charge in [-0.3, -0.25) is 4.79 Å². The van der Waals surface area contributed by atoms with Crippen molar-refractivity contribution < 1.29 is 4.79 Å². The molecule has 0 N–H and O–H groups in total. The van der Waals surface area contributed by atoms with Crippen LogP contribution in [0.15, 0.2) is 0 Å². The van der Waals surface area contributed by atoms with E-state index in [1.54, 1.807) is 0 Å². The molecule has 1 saturated carbocycles. The van der Waals surface area contributed by atoms with Crippen molar-refractivity contribution in [2.45, 2.75) is 32.1 Å². The van der Waals surface area contributed by atoms with Gasteiger partial charge in [-0.2, -0.15) is 0 Å². The highest BCUT2D eigenvalue weighted by molar-refractivity contribution is 9.09. The fraction of sp³-hybridized carbons (Fsp3) is 0.909. The van der Waals surface area contributed by atoms with Crippen molar-refractivity contribution in [3.8, 4) is 0 Å². The van der Waals surface area contributed by atoms with Crippen molar-refractivity contribution in [2.24, 2.45) is 11.8 Å². The molecular formula is C11H18BrNO. The smallest absolute Gasteiger partial charge is 0.233 e. The molecule has 2 fully saturated rings. The predicted molar refractivity (Wildman–Crippen MR) is 60.4 cm³/mol. The second-order valence-electron chi connectivity index (χ2n) is 4.57. The largest absolute Gasteiger partial charge is 0.342 e. The first-order chi connectivity index (χ1) is 6.81. The van der Waals surface area contributed by atoms with Gasteiger partial charge in [-0.05, 0) is 24.7 Å². The minimum absolute atomic E-state index is 0.272. The summed E-state index contributed by atoms with van der Waals surface area (Å²) >= 11 is 3.25. The van der Waals surface area contributed by atoms with Gasteiger partial charge in [0.25, 0.3) is 0 Å². The van der Waals surface area contributed by atoms with E-state index in [0.29, 0.717) is 5.33 Å². The molecule has 1 saturated heterocycles. The molecule has 2 atom stereocenters. The van der Waals surface area contributed by atoms with E-state index in [9.17, 15) is 4.79 Å². The first kappa shape index (κ1) is 10.5. The summed E-state index contributed by atoms with van der Waals surface area (Å²) in [4.78, 5) is 13.6. The fourth-order valence-corrected chi connectivity index (χ4v) is 3.27. The van der Waals surface area contributed by atoms with Crippen LogP contribution in [-0.4, -0.2) is 29.2 Å². The zero-order valence-corrected chi connectivity index (χ0v) is 10.1. The molecule has 14 heavy (non-hydrogen) atoms. The molecule has 0 aromatic carbocycles. The molecule has 0 spiro atoms. The third-order valence-electron chi connectivity index (χ3n) is 3.76. The van der Waals surface area contributed by atoms with Crippen LogP contribution in [0.4, 0.5) is 0 Å². The van der Waals surface area contributed by atoms with Crippen LogP contribution in [0.2, 0.25) is 0 Å². The number of carbonyl (C=O) groups is 1. The van der Waals surface area contributed by atoms with E-state index in [2.05, 4.69) is 15.9 Å². The van der Waals surface area contributed by atoms with Crippen LogP contribution < -0.4 is 0 Å². The molecule has 3 heteroatoms. The van der Waals surface area contributed by atoms with Crippen LogP contribution in [-0.2, 0) is 4.79 Å². The molecule has 1 heterocycles. The third kappa shape index (κ3) is 2.13. The van der Waals surface area contributed by atoms with Gasteiger partial charge in [0, 0.05) is 13.1 Å². The maximum Gasteiger partial charge on any atom is 0.233 e. The van der Waals surface area contributed by atoms with Gasteiger partial charge in [0.05, 0.1) is 5.33 Å². The highest BCUT2D eigenvalue weighted by atomic mass is 79.9. The van der Waals surface area contributed by atoms with Gasteiger partial charge in [0.2, 0.25) is 5.91 Å². The van der Waals surface area contributed by atoms with Gasteiger partial charge in [-0.15, -0.1) is 0 Å². The lowest BCUT2D eigenvalue weighted by Crippen LogP contribution is -2.45. The summed E-state index contributed by atoms with van der Waals surface area (Å²) < 4.78 is 0. The van der Waals surface area contributed by atoms with Crippen LogP contribution in [0.3, 0.4) is 0 Å². The van der Waals surface area contributed by atoms with Crippen LogP contribution in [0.25, 0.3) is 0 Å². The van der Waals surface area contributed by atoms with E-state index < -0.39 is 0 Å². The van der Waals surface area contributed by atoms with Gasteiger partial charge < -0.3 is 4.90 Å². The van der Waals surface area contributed by atoms with E-state index in [4.69, 9.17) is 0 Å². The third-order valence-corrected chi connectivity index (χ3v) is 4.24. The summed E-state index contributed by atoms with van der Waals surface area (Å²) in [5, 5.41) is 0.490. The van der Waals surface area contributed by atoms with Crippen molar-refractivity contribution in [2.75, 3.05) is 18.4 Å². The Morgan fingerprint density at radius 1 is 1.21 bits per heavy atom. The van der Waals surface area contributed by atoms with Gasteiger partial charge in [-0.25, -0.2) is 0 Å². The number of rotatable bonds is 1. The van der Waals surface area contributed by atoms with Gasteiger partial charge in [0.15, 0.2) is 0 Å². The topological polar surface area (TPSA) is 20.3 Å². The zero-order valence-electron chi connectivity index (χ0n) is 8.54. The first-order valence-corrected chi connectivity index (χ1v) is 6.77. The molecule has 2 unspecified atom stereocenters. The molecule has 1 amide bonds. The lowest BCUT2D eigenvalue weighted by atomic mass is 9.75. The van der Waals surface area contributed by atoms with Crippen molar-refractivity contribution >= 4 is 21.8 Å². The second kappa shape index (κ2) is 4.65. The average molecular weight is 260 g/mol. The highest BCUT2D eigenvalue weighted by Crippen LogP contribution is 2.35. The monoisotopic (exact) mass is 259 g/mol. The predicted octanol–water partition coefficient (Wildman–Crippen LogP) is 2.42. The molecule has 0 aromatic heterocycles. The number of alkyl halides is 1. The number of nitrogens with zero attached hydrogens (tertiary/aromatic N) is 1. The average Bonchev–Trinajstić information content (AvgIpc) is 2.27. The molecule has 80 valence electrons. The zero-order chi connectivity index (χ0) is 9.97. The molecule has 2 nitrogen and oxygen atoms in total. The lowest BCUT2D eigenvalue weighted by molar-refractivity contribution is -0.131. The number of halogens is 1. The molecule has 0 radical (unpaired) electrons. The van der Waals surface area contributed by atoms with Crippen LogP contribution >= 0.6 is 15.9 Å². The molecule has 0 bridgehead atoms. The summed E-state index contributed by atoms with van der Waals surface area (Å²) in [6.45, 7) is 2.01. The van der Waals surface area contributed by atoms with Gasteiger partial charge in [-0.1, -0.05) is 35.2 Å². The van der Waals surface area contributed by atoms with Crippen molar-refractivity contribution in [3.63, 3.8) is 0 Å². The molecule has 2 aliphatic rings. The fourth-order valence-electron chi connectivity index (χ4n) is 2.91. The number of amides is 1. The minimum Gasteiger partial charge on any atom is -0.342 e. The Labute approximate surface area is 94.2 Å². The molecule has 1 aliphatic heterocycles. The number of hydrogen-bond donors (Lipinski definition) is 0. The van der Waals surface area contributed by atoms with Crippen molar-refractivity contribution in [1.29, 1.82) is 0 Å². The van der Waals surface area contributed by atoms with Gasteiger partial charge in [0.1, 0.15) is 0 Å². The summed E-state index contributed by atoms with van der Waals surface area (Å²) in [6.07, 6.45) is 6.77. The highest BCUT2D eigenvalue weighted by Gasteiger charge is 2.32. The molecule has 0 aromatic rings. The minimum atomic E-state index is 0.272. The summed E-state index contributed by atoms with van der Waals surface area (Å²) in [5.41, 5.74) is 0. The van der Waals surface area contributed by atoms with Crippen molar-refractivity contribution in [1.82, 2.24) is 4.90 Å². The Bertz CT molecular complexity index is 219. The maximum atomic E-state index is 11.5. The summed E-state index contributed by atoms with van der Waals surface area (Å²) in [6, 6.07) is 0. The normalized spacial score (nSPS) is 32.5. The Kier molecular flexibility index (Phi) is 3.47. The Balaban J connectivity index is 1.92. The standard InChI is InChI=1S/C11H18BrNO/c12-7-11(14)13-6-5-9-3-1-2-4-10(9)8-13/h9-10H,1-8H2. The number of fused-ring (bicyclic) bond motifs is 1. The summed E-state index contributed by atoms with van der Waals surface area (Å²) in [7, 11) is 0. The van der Waals surface area contributed by atoms with E-state index in [1.165, 1.54) is 32.1 Å². The number of piperidine rings is 1. The van der Waals surface area contributed by atoms with E-state index in [-0.39, 0.29) is 5.91 Å². The molecule has 1 aliphatic carbocycles. The second-order valence-corrected chi connectivity index (χ2v) is 5.13. The van der Waals surface area contributed by atoms with Crippen LogP contribution in [0, 0.1) is 11.8 Å². The SMILES string of the molecule is O=C(CBr)N1CCC2CCCCC2C1. The summed E-state index contributed by atoms with van der Waals surface area (Å²) in [5.74, 6) is 2.00. The van der Waals surface area contributed by atoms with E-state index >= 15 is 0 Å². The van der Waals surface area contributed by atoms with Crippen LogP contribution in [0.1, 0.15) is 32.1 Å². The maximum absolute atomic E-state index is 11.5. The van der Waals surface area contributed by atoms with Crippen molar-refractivity contribution in [3.05, 3.63) is 0 Å². The van der Waals surface area contributed by atoms with Gasteiger partial charge >= 0.3 is 0 Å². The van der Waals surface area contributed by atoms with E-state index in [1.807, 2.05) is 4.90 Å². The van der Waals surface area contributed by atoms with Crippen LogP contribution in [0.5, 0.6) is 0 Å². The number of hydrogen-bond acceptors (Lipinski definition) is 1. The number of likely N-dealkylation sites (tertiary alicyclic amines) is 1. The van der Waals surface area contributed by atoms with E-state index in [0.717, 1.165) is 24.9 Å². The lowest BCUT2D eigenvalue weighted by Gasteiger charge is -2.41. The molecular weight excluding hydrogens is 242 g/mol. The quantitative estimate of drug-likeness (QED) is 0.663.